The molecule has 0 saturated heterocycles. The summed E-state index contributed by atoms with van der Waals surface area (Å²) < 4.78 is 5.05. The van der Waals surface area contributed by atoms with Crippen LogP contribution in [0.5, 0.6) is 0 Å². The van der Waals surface area contributed by atoms with Gasteiger partial charge in [-0.3, -0.25) is 9.63 Å². The van der Waals surface area contributed by atoms with Crippen LogP contribution in [-0.2, 0) is 22.7 Å². The monoisotopic (exact) mass is 274 g/mol. The van der Waals surface area contributed by atoms with Gasteiger partial charge in [0.1, 0.15) is 5.76 Å². The molecule has 0 aliphatic carbocycles. The summed E-state index contributed by atoms with van der Waals surface area (Å²) in [6.45, 7) is 4.08. The molecule has 1 N–H and O–H groups in total. The maximum atomic E-state index is 11.7. The summed E-state index contributed by atoms with van der Waals surface area (Å²) >= 11 is 0. The van der Waals surface area contributed by atoms with E-state index in [9.17, 15) is 4.79 Å². The lowest BCUT2D eigenvalue weighted by Gasteiger charge is -2.05. The van der Waals surface area contributed by atoms with E-state index >= 15 is 0 Å². The lowest BCUT2D eigenvalue weighted by molar-refractivity contribution is -0.134. The predicted molar refractivity (Wildman–Crippen MR) is 73.7 cm³/mol. The molecule has 0 radical (unpaired) electrons. The van der Waals surface area contributed by atoms with E-state index in [-0.39, 0.29) is 5.91 Å². The molecule has 0 atom stereocenters. The number of nitrogens with one attached hydrogen (secondary N) is 1. The van der Waals surface area contributed by atoms with Crippen molar-refractivity contribution >= 4 is 5.91 Å². The highest BCUT2D eigenvalue weighted by Gasteiger charge is 2.11. The molecule has 0 fully saturated rings. The van der Waals surface area contributed by atoms with Crippen molar-refractivity contribution in [2.45, 2.75) is 33.3 Å². The van der Waals surface area contributed by atoms with Gasteiger partial charge in [-0.15, -0.1) is 0 Å². The predicted octanol–water partition coefficient (Wildman–Crippen LogP) is 2.47. The number of carbonyl (C=O) groups excluding carboxylic acids is 1. The molecule has 5 nitrogen and oxygen atoms in total. The summed E-state index contributed by atoms with van der Waals surface area (Å²) in [5.41, 5.74) is 5.28. The zero-order valence-corrected chi connectivity index (χ0v) is 11.7. The SMILES string of the molecule is Cc1noc(C)c1CCC(=O)NOCc1ccccc1. The fourth-order valence-corrected chi connectivity index (χ4v) is 1.92. The van der Waals surface area contributed by atoms with Crippen LogP contribution in [0.3, 0.4) is 0 Å². The van der Waals surface area contributed by atoms with Crippen molar-refractivity contribution < 1.29 is 14.2 Å². The van der Waals surface area contributed by atoms with E-state index in [1.54, 1.807) is 0 Å². The zero-order chi connectivity index (χ0) is 14.4. The normalized spacial score (nSPS) is 10.5. The van der Waals surface area contributed by atoms with E-state index in [0.717, 1.165) is 22.6 Å². The number of hydrogen-bond acceptors (Lipinski definition) is 4. The van der Waals surface area contributed by atoms with E-state index in [1.807, 2.05) is 44.2 Å². The van der Waals surface area contributed by atoms with Gasteiger partial charge in [0.15, 0.2) is 0 Å². The number of benzene rings is 1. The number of rotatable bonds is 6. The Bertz CT molecular complexity index is 544. The van der Waals surface area contributed by atoms with Crippen LogP contribution >= 0.6 is 0 Å². The first-order valence-corrected chi connectivity index (χ1v) is 6.53. The van der Waals surface area contributed by atoms with Crippen molar-refractivity contribution in [2.24, 2.45) is 0 Å². The van der Waals surface area contributed by atoms with Crippen LogP contribution in [0.25, 0.3) is 0 Å². The molecule has 2 rings (SSSR count). The molecule has 0 bridgehead atoms. The summed E-state index contributed by atoms with van der Waals surface area (Å²) in [6, 6.07) is 9.67. The first-order chi connectivity index (χ1) is 9.66. The molecular formula is C15H18N2O3. The van der Waals surface area contributed by atoms with Crippen molar-refractivity contribution in [2.75, 3.05) is 0 Å². The largest absolute Gasteiger partial charge is 0.361 e. The Labute approximate surface area is 117 Å². The van der Waals surface area contributed by atoms with E-state index < -0.39 is 0 Å². The van der Waals surface area contributed by atoms with Gasteiger partial charge in [0.05, 0.1) is 12.3 Å². The third-order valence-electron chi connectivity index (χ3n) is 3.05. The Morgan fingerprint density at radius 2 is 2.05 bits per heavy atom. The second-order valence-electron chi connectivity index (χ2n) is 4.60. The summed E-state index contributed by atoms with van der Waals surface area (Å²) in [6.07, 6.45) is 0.944. The van der Waals surface area contributed by atoms with Crippen LogP contribution in [0.2, 0.25) is 0 Å². The number of aromatic nitrogens is 1. The maximum Gasteiger partial charge on any atom is 0.243 e. The van der Waals surface area contributed by atoms with E-state index in [2.05, 4.69) is 10.6 Å². The zero-order valence-electron chi connectivity index (χ0n) is 11.7. The van der Waals surface area contributed by atoms with Gasteiger partial charge in [-0.2, -0.15) is 0 Å². The third kappa shape index (κ3) is 3.93. The first kappa shape index (κ1) is 14.3. The second-order valence-corrected chi connectivity index (χ2v) is 4.60. The topological polar surface area (TPSA) is 64.4 Å². The van der Waals surface area contributed by atoms with Crippen LogP contribution in [-0.4, -0.2) is 11.1 Å². The highest BCUT2D eigenvalue weighted by atomic mass is 16.6. The van der Waals surface area contributed by atoms with E-state index in [1.165, 1.54) is 0 Å². The van der Waals surface area contributed by atoms with Crippen LogP contribution < -0.4 is 5.48 Å². The first-order valence-electron chi connectivity index (χ1n) is 6.53. The van der Waals surface area contributed by atoms with Gasteiger partial charge in [0.2, 0.25) is 5.91 Å². The number of hydroxylamine groups is 1. The Balaban J connectivity index is 1.71. The van der Waals surface area contributed by atoms with Crippen molar-refractivity contribution in [1.29, 1.82) is 0 Å². The Hall–Kier alpha value is -2.14. The molecular weight excluding hydrogens is 256 g/mol. The standard InChI is InChI=1S/C15H18N2O3/c1-11-14(12(2)20-16-11)8-9-15(18)17-19-10-13-6-4-3-5-7-13/h3-7H,8-10H2,1-2H3,(H,17,18). The average Bonchev–Trinajstić information content (AvgIpc) is 2.77. The molecule has 5 heteroatoms. The van der Waals surface area contributed by atoms with Crippen molar-refractivity contribution in [3.8, 4) is 0 Å². The molecule has 0 spiro atoms. The third-order valence-corrected chi connectivity index (χ3v) is 3.05. The summed E-state index contributed by atoms with van der Waals surface area (Å²) in [7, 11) is 0. The quantitative estimate of drug-likeness (QED) is 0.822. The van der Waals surface area contributed by atoms with Crippen molar-refractivity contribution in [3.05, 3.63) is 52.9 Å². The Kier molecular flexibility index (Phi) is 4.90. The molecule has 20 heavy (non-hydrogen) atoms. The van der Waals surface area contributed by atoms with Crippen LogP contribution in [0.4, 0.5) is 0 Å². The molecule has 0 saturated carbocycles. The van der Waals surface area contributed by atoms with Gasteiger partial charge < -0.3 is 4.52 Å². The fourth-order valence-electron chi connectivity index (χ4n) is 1.92. The van der Waals surface area contributed by atoms with Crippen molar-refractivity contribution in [1.82, 2.24) is 10.6 Å². The molecule has 2 aromatic rings. The summed E-state index contributed by atoms with van der Waals surface area (Å²) in [5.74, 6) is 0.612. The van der Waals surface area contributed by atoms with Gasteiger partial charge in [0.25, 0.3) is 0 Å². The molecule has 1 amide bonds. The molecule has 0 aliphatic rings. The smallest absolute Gasteiger partial charge is 0.243 e. The van der Waals surface area contributed by atoms with Crippen LogP contribution in [0.15, 0.2) is 34.9 Å². The molecule has 106 valence electrons. The molecule has 0 aliphatic heterocycles. The number of amides is 1. The van der Waals surface area contributed by atoms with E-state index in [0.29, 0.717) is 19.4 Å². The minimum atomic E-state index is -0.152. The van der Waals surface area contributed by atoms with E-state index in [4.69, 9.17) is 9.36 Å². The summed E-state index contributed by atoms with van der Waals surface area (Å²) in [4.78, 5) is 16.8. The number of nitrogens with zero attached hydrogens (tertiary/aromatic N) is 1. The van der Waals surface area contributed by atoms with Crippen LogP contribution in [0.1, 0.15) is 29.0 Å². The Morgan fingerprint density at radius 3 is 2.70 bits per heavy atom. The highest BCUT2D eigenvalue weighted by molar-refractivity contribution is 5.75. The number of hydrogen-bond donors (Lipinski definition) is 1. The van der Waals surface area contributed by atoms with Gasteiger partial charge in [-0.1, -0.05) is 35.5 Å². The molecule has 0 unspecified atom stereocenters. The highest BCUT2D eigenvalue weighted by Crippen LogP contribution is 2.14. The van der Waals surface area contributed by atoms with Gasteiger partial charge in [-0.25, -0.2) is 5.48 Å². The molecule has 1 heterocycles. The number of carbonyl (C=O) groups is 1. The lowest BCUT2D eigenvalue weighted by atomic mass is 10.1. The molecule has 1 aromatic heterocycles. The van der Waals surface area contributed by atoms with Gasteiger partial charge in [-0.05, 0) is 25.8 Å². The maximum absolute atomic E-state index is 11.7. The average molecular weight is 274 g/mol. The Morgan fingerprint density at radius 1 is 1.30 bits per heavy atom. The minimum absolute atomic E-state index is 0.152. The molecule has 1 aromatic carbocycles. The fraction of sp³-hybridized carbons (Fsp3) is 0.333. The second kappa shape index (κ2) is 6.86. The number of aryl methyl sites for hydroxylation is 2. The lowest BCUT2D eigenvalue weighted by Crippen LogP contribution is -2.23. The van der Waals surface area contributed by atoms with Gasteiger partial charge >= 0.3 is 0 Å². The van der Waals surface area contributed by atoms with Gasteiger partial charge in [0, 0.05) is 12.0 Å². The summed E-state index contributed by atoms with van der Waals surface area (Å²) in [5, 5.41) is 3.86. The van der Waals surface area contributed by atoms with Crippen LogP contribution in [0, 0.1) is 13.8 Å². The van der Waals surface area contributed by atoms with Crippen molar-refractivity contribution in [3.63, 3.8) is 0 Å². The minimum Gasteiger partial charge on any atom is -0.361 e.